The number of hydrogen-bond acceptors (Lipinski definition) is 5. The summed E-state index contributed by atoms with van der Waals surface area (Å²) in [6.07, 6.45) is 2.51. The van der Waals surface area contributed by atoms with E-state index in [-0.39, 0.29) is 6.42 Å². The van der Waals surface area contributed by atoms with Crippen molar-refractivity contribution in [2.75, 3.05) is 18.5 Å². The van der Waals surface area contributed by atoms with Crippen LogP contribution in [0.3, 0.4) is 0 Å². The maximum atomic E-state index is 10.3. The summed E-state index contributed by atoms with van der Waals surface area (Å²) in [5.41, 5.74) is 0. The topological polar surface area (TPSA) is 84.3 Å². The summed E-state index contributed by atoms with van der Waals surface area (Å²) in [5, 5.41) is 11.3. The molecule has 1 rings (SSSR count). The van der Waals surface area contributed by atoms with E-state index in [0.717, 1.165) is 6.42 Å². The minimum atomic E-state index is -0.856. The highest BCUT2D eigenvalue weighted by atomic mass is 16.5. The van der Waals surface area contributed by atoms with Crippen molar-refractivity contribution in [2.45, 2.75) is 19.8 Å². The van der Waals surface area contributed by atoms with E-state index in [1.807, 2.05) is 6.92 Å². The highest BCUT2D eigenvalue weighted by Crippen LogP contribution is 2.08. The highest BCUT2D eigenvalue weighted by Gasteiger charge is 2.01. The predicted molar refractivity (Wildman–Crippen MR) is 58.6 cm³/mol. The van der Waals surface area contributed by atoms with Gasteiger partial charge in [0.05, 0.1) is 13.0 Å². The van der Waals surface area contributed by atoms with Crippen molar-refractivity contribution in [1.82, 2.24) is 9.97 Å². The first-order valence-corrected chi connectivity index (χ1v) is 5.14. The molecule has 0 fully saturated rings. The van der Waals surface area contributed by atoms with E-state index in [0.29, 0.717) is 25.0 Å². The van der Waals surface area contributed by atoms with Crippen molar-refractivity contribution in [3.05, 3.63) is 12.3 Å². The van der Waals surface area contributed by atoms with Crippen molar-refractivity contribution in [1.29, 1.82) is 0 Å². The minimum Gasteiger partial charge on any atom is -0.481 e. The number of aromatic nitrogens is 2. The summed E-state index contributed by atoms with van der Waals surface area (Å²) >= 11 is 0. The molecule has 16 heavy (non-hydrogen) atoms. The molecule has 0 radical (unpaired) electrons. The average molecular weight is 225 g/mol. The second kappa shape index (κ2) is 6.60. The standard InChI is InChI=1S/C10H15N3O3/c1-2-7-16-8-3-5-11-10(13-8)12-6-4-9(14)15/h3,5H,2,4,6-7H2,1H3,(H,14,15)(H,11,12,13). The van der Waals surface area contributed by atoms with Crippen LogP contribution in [0.1, 0.15) is 19.8 Å². The third kappa shape index (κ3) is 4.59. The Bertz CT molecular complexity index is 344. The molecule has 0 unspecified atom stereocenters. The zero-order valence-corrected chi connectivity index (χ0v) is 9.14. The van der Waals surface area contributed by atoms with Gasteiger partial charge in [0.2, 0.25) is 11.8 Å². The number of nitrogens with zero attached hydrogens (tertiary/aromatic N) is 2. The fourth-order valence-corrected chi connectivity index (χ4v) is 0.996. The first-order chi connectivity index (χ1) is 7.72. The number of nitrogens with one attached hydrogen (secondary N) is 1. The smallest absolute Gasteiger partial charge is 0.305 e. The molecular weight excluding hydrogens is 210 g/mol. The Morgan fingerprint density at radius 1 is 1.62 bits per heavy atom. The first-order valence-electron chi connectivity index (χ1n) is 5.14. The monoisotopic (exact) mass is 225 g/mol. The molecule has 0 aliphatic heterocycles. The molecular formula is C10H15N3O3. The van der Waals surface area contributed by atoms with Crippen LogP contribution in [-0.4, -0.2) is 34.2 Å². The largest absolute Gasteiger partial charge is 0.481 e. The van der Waals surface area contributed by atoms with Gasteiger partial charge in [-0.15, -0.1) is 0 Å². The third-order valence-corrected chi connectivity index (χ3v) is 1.71. The zero-order chi connectivity index (χ0) is 11.8. The number of aliphatic carboxylic acids is 1. The Hall–Kier alpha value is -1.85. The molecule has 6 heteroatoms. The van der Waals surface area contributed by atoms with Crippen LogP contribution < -0.4 is 10.1 Å². The first kappa shape index (κ1) is 12.2. The summed E-state index contributed by atoms with van der Waals surface area (Å²) in [6, 6.07) is 1.66. The molecule has 0 atom stereocenters. The molecule has 6 nitrogen and oxygen atoms in total. The Morgan fingerprint density at radius 2 is 2.44 bits per heavy atom. The fourth-order valence-electron chi connectivity index (χ4n) is 0.996. The number of ether oxygens (including phenoxy) is 1. The van der Waals surface area contributed by atoms with Crippen molar-refractivity contribution >= 4 is 11.9 Å². The van der Waals surface area contributed by atoms with Gasteiger partial charge in [0.15, 0.2) is 0 Å². The second-order valence-electron chi connectivity index (χ2n) is 3.14. The molecule has 0 saturated carbocycles. The van der Waals surface area contributed by atoms with Gasteiger partial charge >= 0.3 is 5.97 Å². The Kier molecular flexibility index (Phi) is 5.04. The number of carboxylic acid groups (broad SMARTS) is 1. The SMILES string of the molecule is CCCOc1ccnc(NCCC(=O)O)n1. The molecule has 0 spiro atoms. The molecule has 0 aliphatic rings. The van der Waals surface area contributed by atoms with Crippen LogP contribution in [0.15, 0.2) is 12.3 Å². The van der Waals surface area contributed by atoms with Crippen LogP contribution in [0.2, 0.25) is 0 Å². The van der Waals surface area contributed by atoms with Crippen molar-refractivity contribution in [3.8, 4) is 5.88 Å². The lowest BCUT2D eigenvalue weighted by atomic mass is 10.4. The molecule has 0 saturated heterocycles. The Labute approximate surface area is 93.7 Å². The van der Waals surface area contributed by atoms with Gasteiger partial charge in [-0.25, -0.2) is 4.98 Å². The summed E-state index contributed by atoms with van der Waals surface area (Å²) in [4.78, 5) is 18.3. The molecule has 1 aromatic rings. The van der Waals surface area contributed by atoms with E-state index in [2.05, 4.69) is 15.3 Å². The van der Waals surface area contributed by atoms with Gasteiger partial charge in [-0.05, 0) is 6.42 Å². The van der Waals surface area contributed by atoms with Crippen molar-refractivity contribution < 1.29 is 14.6 Å². The molecule has 0 aliphatic carbocycles. The van der Waals surface area contributed by atoms with Crippen molar-refractivity contribution in [3.63, 3.8) is 0 Å². The maximum absolute atomic E-state index is 10.3. The second-order valence-corrected chi connectivity index (χ2v) is 3.14. The van der Waals surface area contributed by atoms with Crippen LogP contribution in [0.4, 0.5) is 5.95 Å². The Morgan fingerprint density at radius 3 is 3.12 bits per heavy atom. The van der Waals surface area contributed by atoms with Gasteiger partial charge in [0, 0.05) is 18.8 Å². The quantitative estimate of drug-likeness (QED) is 0.724. The van der Waals surface area contributed by atoms with E-state index >= 15 is 0 Å². The molecule has 0 aromatic carbocycles. The number of carboxylic acids is 1. The van der Waals surface area contributed by atoms with E-state index in [1.165, 1.54) is 0 Å². The van der Waals surface area contributed by atoms with Gasteiger partial charge in [0.1, 0.15) is 0 Å². The summed E-state index contributed by atoms with van der Waals surface area (Å²) in [5.74, 6) is 0.0235. The lowest BCUT2D eigenvalue weighted by molar-refractivity contribution is -0.136. The lowest BCUT2D eigenvalue weighted by Crippen LogP contribution is -2.10. The van der Waals surface area contributed by atoms with E-state index in [1.54, 1.807) is 12.3 Å². The molecule has 0 bridgehead atoms. The number of rotatable bonds is 7. The molecule has 2 N–H and O–H groups in total. The van der Waals surface area contributed by atoms with E-state index in [9.17, 15) is 4.79 Å². The van der Waals surface area contributed by atoms with Crippen molar-refractivity contribution in [2.24, 2.45) is 0 Å². The fraction of sp³-hybridized carbons (Fsp3) is 0.500. The molecule has 0 amide bonds. The normalized spacial score (nSPS) is 9.81. The van der Waals surface area contributed by atoms with Gasteiger partial charge in [-0.2, -0.15) is 4.98 Å². The van der Waals surface area contributed by atoms with Gasteiger partial charge in [0.25, 0.3) is 0 Å². The highest BCUT2D eigenvalue weighted by molar-refractivity contribution is 5.67. The van der Waals surface area contributed by atoms with E-state index < -0.39 is 5.97 Å². The van der Waals surface area contributed by atoms with Gasteiger partial charge in [-0.1, -0.05) is 6.92 Å². The minimum absolute atomic E-state index is 0.0312. The van der Waals surface area contributed by atoms with E-state index in [4.69, 9.17) is 9.84 Å². The number of carbonyl (C=O) groups is 1. The van der Waals surface area contributed by atoms with Gasteiger partial charge < -0.3 is 15.2 Å². The Balaban J connectivity index is 2.43. The van der Waals surface area contributed by atoms with Crippen LogP contribution >= 0.6 is 0 Å². The van der Waals surface area contributed by atoms with Crippen LogP contribution in [0, 0.1) is 0 Å². The summed E-state index contributed by atoms with van der Waals surface area (Å²) in [7, 11) is 0. The number of hydrogen-bond donors (Lipinski definition) is 2. The molecule has 88 valence electrons. The zero-order valence-electron chi connectivity index (χ0n) is 9.14. The predicted octanol–water partition coefficient (Wildman–Crippen LogP) is 1.15. The maximum Gasteiger partial charge on any atom is 0.305 e. The summed E-state index contributed by atoms with van der Waals surface area (Å²) in [6.45, 7) is 2.91. The summed E-state index contributed by atoms with van der Waals surface area (Å²) < 4.78 is 5.32. The van der Waals surface area contributed by atoms with Crippen LogP contribution in [0.25, 0.3) is 0 Å². The van der Waals surface area contributed by atoms with Crippen LogP contribution in [-0.2, 0) is 4.79 Å². The van der Waals surface area contributed by atoms with Gasteiger partial charge in [-0.3, -0.25) is 4.79 Å². The average Bonchev–Trinajstić information content (AvgIpc) is 2.26. The molecule has 1 heterocycles. The van der Waals surface area contributed by atoms with Crippen LogP contribution in [0.5, 0.6) is 5.88 Å². The molecule has 1 aromatic heterocycles. The number of anilines is 1. The lowest BCUT2D eigenvalue weighted by Gasteiger charge is -2.06. The third-order valence-electron chi connectivity index (χ3n) is 1.71.